The Morgan fingerprint density at radius 2 is 1.54 bits per heavy atom. The molecule has 2 N–H and O–H groups in total. The third-order valence-corrected chi connectivity index (χ3v) is 4.22. The number of hydrogen-bond acceptors (Lipinski definition) is 3. The molecule has 2 aromatic carbocycles. The van der Waals surface area contributed by atoms with Crippen LogP contribution in [0, 0.1) is 0 Å². The molecule has 0 bridgehead atoms. The highest BCUT2D eigenvalue weighted by molar-refractivity contribution is 5.79. The van der Waals surface area contributed by atoms with E-state index >= 15 is 0 Å². The van der Waals surface area contributed by atoms with Crippen LogP contribution in [0.3, 0.4) is 0 Å². The Labute approximate surface area is 166 Å². The highest BCUT2D eigenvalue weighted by Crippen LogP contribution is 2.09. The summed E-state index contributed by atoms with van der Waals surface area (Å²) < 4.78 is 5.83. The molecule has 3 rings (SSSR count). The molecule has 1 aromatic heterocycles. The molecule has 0 aliphatic rings. The van der Waals surface area contributed by atoms with Gasteiger partial charge in [0.2, 0.25) is 0 Å². The van der Waals surface area contributed by atoms with Crippen LogP contribution in [0.2, 0.25) is 0 Å². The van der Waals surface area contributed by atoms with Crippen LogP contribution < -0.4 is 10.6 Å². The van der Waals surface area contributed by atoms with Crippen LogP contribution in [-0.2, 0) is 31.0 Å². The maximum Gasteiger partial charge on any atom is 0.191 e. The van der Waals surface area contributed by atoms with Gasteiger partial charge in [-0.3, -0.25) is 9.98 Å². The Bertz CT molecular complexity index is 866. The normalized spacial score (nSPS) is 11.2. The number of nitrogens with zero attached hydrogens (tertiary/aromatic N) is 2. The number of nitrogens with one attached hydrogen (secondary N) is 2. The highest BCUT2D eigenvalue weighted by Gasteiger charge is 2.01. The number of aromatic nitrogens is 1. The summed E-state index contributed by atoms with van der Waals surface area (Å²) in [7, 11) is 1.77. The Balaban J connectivity index is 1.45. The maximum atomic E-state index is 5.83. The molecule has 5 nitrogen and oxygen atoms in total. The zero-order valence-corrected chi connectivity index (χ0v) is 16.1. The minimum absolute atomic E-state index is 0.593. The van der Waals surface area contributed by atoms with E-state index in [-0.39, 0.29) is 0 Å². The van der Waals surface area contributed by atoms with E-state index in [1.807, 2.05) is 36.4 Å². The molecule has 0 spiro atoms. The number of hydrogen-bond donors (Lipinski definition) is 2. The quantitative estimate of drug-likeness (QED) is 0.467. The fraction of sp³-hybridized carbons (Fsp3) is 0.217. The molecule has 5 heteroatoms. The van der Waals surface area contributed by atoms with Gasteiger partial charge in [0.25, 0.3) is 0 Å². The number of benzene rings is 2. The van der Waals surface area contributed by atoms with E-state index in [9.17, 15) is 0 Å². The predicted octanol–water partition coefficient (Wildman–Crippen LogP) is 3.66. The summed E-state index contributed by atoms with van der Waals surface area (Å²) >= 11 is 0. The zero-order valence-electron chi connectivity index (χ0n) is 16.1. The van der Waals surface area contributed by atoms with Crippen molar-refractivity contribution in [2.75, 3.05) is 7.05 Å². The first-order chi connectivity index (χ1) is 13.8. The monoisotopic (exact) mass is 374 g/mol. The number of pyridine rings is 1. The van der Waals surface area contributed by atoms with Crippen LogP contribution in [0.4, 0.5) is 0 Å². The first-order valence-electron chi connectivity index (χ1n) is 9.37. The van der Waals surface area contributed by atoms with E-state index in [4.69, 9.17) is 4.74 Å². The van der Waals surface area contributed by atoms with Gasteiger partial charge in [0.05, 0.1) is 25.5 Å². The van der Waals surface area contributed by atoms with Gasteiger partial charge in [0.15, 0.2) is 5.96 Å². The number of guanidine groups is 1. The van der Waals surface area contributed by atoms with Gasteiger partial charge in [-0.25, -0.2) is 0 Å². The number of rotatable bonds is 8. The second-order valence-electron chi connectivity index (χ2n) is 6.40. The van der Waals surface area contributed by atoms with E-state index in [1.165, 1.54) is 11.1 Å². The van der Waals surface area contributed by atoms with Gasteiger partial charge < -0.3 is 15.4 Å². The molecule has 0 saturated carbocycles. The lowest BCUT2D eigenvalue weighted by Gasteiger charge is -2.12. The zero-order chi connectivity index (χ0) is 19.4. The van der Waals surface area contributed by atoms with E-state index in [2.05, 4.69) is 57.0 Å². The first-order valence-corrected chi connectivity index (χ1v) is 9.37. The third-order valence-electron chi connectivity index (χ3n) is 4.22. The topological polar surface area (TPSA) is 58.5 Å². The number of aliphatic imine (C=N–C) groups is 1. The molecule has 144 valence electrons. The Kier molecular flexibility index (Phi) is 7.58. The molecular formula is C23H26N4O. The molecule has 0 saturated heterocycles. The van der Waals surface area contributed by atoms with Gasteiger partial charge in [0, 0.05) is 19.8 Å². The highest BCUT2D eigenvalue weighted by atomic mass is 16.5. The fourth-order valence-corrected chi connectivity index (χ4v) is 2.77. The second kappa shape index (κ2) is 10.8. The van der Waals surface area contributed by atoms with Gasteiger partial charge in [-0.1, -0.05) is 60.7 Å². The summed E-state index contributed by atoms with van der Waals surface area (Å²) in [6, 6.07) is 24.5. The summed E-state index contributed by atoms with van der Waals surface area (Å²) in [4.78, 5) is 8.57. The molecule has 0 unspecified atom stereocenters. The lowest BCUT2D eigenvalue weighted by Crippen LogP contribution is -2.36. The van der Waals surface area contributed by atoms with Gasteiger partial charge in [-0.2, -0.15) is 0 Å². The summed E-state index contributed by atoms with van der Waals surface area (Å²) in [6.07, 6.45) is 1.79. The predicted molar refractivity (Wildman–Crippen MR) is 113 cm³/mol. The summed E-state index contributed by atoms with van der Waals surface area (Å²) in [5.41, 5.74) is 4.50. The minimum Gasteiger partial charge on any atom is -0.372 e. The molecule has 0 aliphatic heterocycles. The molecule has 0 fully saturated rings. The van der Waals surface area contributed by atoms with Gasteiger partial charge in [0.1, 0.15) is 0 Å². The molecule has 0 amide bonds. The van der Waals surface area contributed by atoms with Crippen LogP contribution in [0.5, 0.6) is 0 Å². The van der Waals surface area contributed by atoms with E-state index in [0.717, 1.165) is 17.2 Å². The minimum atomic E-state index is 0.593. The Hall–Kier alpha value is -3.18. The van der Waals surface area contributed by atoms with Gasteiger partial charge in [-0.15, -0.1) is 0 Å². The average Bonchev–Trinajstić information content (AvgIpc) is 2.76. The lowest BCUT2D eigenvalue weighted by atomic mass is 10.1. The molecule has 0 atom stereocenters. The molecular weight excluding hydrogens is 348 g/mol. The van der Waals surface area contributed by atoms with Crippen molar-refractivity contribution in [2.45, 2.75) is 26.3 Å². The SMILES string of the molecule is CN=C(NCc1cccc(COCc2ccccc2)c1)NCc1ccccn1. The van der Waals surface area contributed by atoms with Crippen molar-refractivity contribution in [1.82, 2.24) is 15.6 Å². The van der Waals surface area contributed by atoms with E-state index in [1.54, 1.807) is 13.2 Å². The summed E-state index contributed by atoms with van der Waals surface area (Å²) in [5, 5.41) is 6.61. The maximum absolute atomic E-state index is 5.83. The van der Waals surface area contributed by atoms with Crippen molar-refractivity contribution in [3.8, 4) is 0 Å². The molecule has 0 radical (unpaired) electrons. The van der Waals surface area contributed by atoms with Crippen LogP contribution in [0.1, 0.15) is 22.4 Å². The largest absolute Gasteiger partial charge is 0.372 e. The van der Waals surface area contributed by atoms with Crippen molar-refractivity contribution in [2.24, 2.45) is 4.99 Å². The standard InChI is InChI=1S/C23H26N4O/c1-24-23(27-16-22-12-5-6-13-25-22)26-15-20-10-7-11-21(14-20)18-28-17-19-8-3-2-4-9-19/h2-14H,15-18H2,1H3,(H2,24,26,27). The van der Waals surface area contributed by atoms with Gasteiger partial charge in [-0.05, 0) is 28.8 Å². The van der Waals surface area contributed by atoms with Crippen LogP contribution in [0.25, 0.3) is 0 Å². The average molecular weight is 374 g/mol. The fourth-order valence-electron chi connectivity index (χ4n) is 2.77. The van der Waals surface area contributed by atoms with Crippen molar-refractivity contribution >= 4 is 5.96 Å². The third kappa shape index (κ3) is 6.52. The van der Waals surface area contributed by atoms with Crippen molar-refractivity contribution in [3.63, 3.8) is 0 Å². The van der Waals surface area contributed by atoms with Crippen LogP contribution >= 0.6 is 0 Å². The number of ether oxygens (including phenoxy) is 1. The molecule has 0 aliphatic carbocycles. The smallest absolute Gasteiger partial charge is 0.191 e. The van der Waals surface area contributed by atoms with Crippen LogP contribution in [-0.4, -0.2) is 18.0 Å². The second-order valence-corrected chi connectivity index (χ2v) is 6.40. The molecule has 1 heterocycles. The van der Waals surface area contributed by atoms with E-state index in [0.29, 0.717) is 26.3 Å². The lowest BCUT2D eigenvalue weighted by molar-refractivity contribution is 0.107. The Morgan fingerprint density at radius 1 is 0.821 bits per heavy atom. The van der Waals surface area contributed by atoms with Crippen molar-refractivity contribution in [3.05, 3.63) is 101 Å². The first kappa shape index (κ1) is 19.6. The van der Waals surface area contributed by atoms with E-state index < -0.39 is 0 Å². The van der Waals surface area contributed by atoms with Crippen LogP contribution in [0.15, 0.2) is 84.0 Å². The van der Waals surface area contributed by atoms with Crippen molar-refractivity contribution in [1.29, 1.82) is 0 Å². The molecule has 28 heavy (non-hydrogen) atoms. The molecule has 3 aromatic rings. The summed E-state index contributed by atoms with van der Waals surface area (Å²) in [5.74, 6) is 0.747. The van der Waals surface area contributed by atoms with Crippen molar-refractivity contribution < 1.29 is 4.74 Å². The van der Waals surface area contributed by atoms with Gasteiger partial charge >= 0.3 is 0 Å². The Morgan fingerprint density at radius 3 is 2.32 bits per heavy atom. The summed E-state index contributed by atoms with van der Waals surface area (Å²) in [6.45, 7) is 2.53.